The summed E-state index contributed by atoms with van der Waals surface area (Å²) < 4.78 is 31.4. The van der Waals surface area contributed by atoms with Crippen LogP contribution in [0.5, 0.6) is 0 Å². The van der Waals surface area contributed by atoms with Gasteiger partial charge in [0.05, 0.1) is 21.7 Å². The Bertz CT molecular complexity index is 1640. The van der Waals surface area contributed by atoms with Crippen LogP contribution in [0, 0.1) is 21.7 Å². The molecule has 0 bridgehead atoms. The van der Waals surface area contributed by atoms with Crippen molar-refractivity contribution in [1.82, 2.24) is 19.9 Å². The predicted octanol–water partition coefficient (Wildman–Crippen LogP) is 5.89. The van der Waals surface area contributed by atoms with Gasteiger partial charge in [0, 0.05) is 42.9 Å². The minimum absolute atomic E-state index is 0.291. The van der Waals surface area contributed by atoms with Gasteiger partial charge in [-0.05, 0) is 107 Å². The number of carbonyl (C=O) groups is 4. The van der Waals surface area contributed by atoms with E-state index in [1.54, 1.807) is 108 Å². The van der Waals surface area contributed by atoms with Gasteiger partial charge in [0.15, 0.2) is 24.5 Å². The molecule has 6 atom stereocenters. The SMILES string of the molecule is CC(C)(C)C(=O)OC[C@H]1O[C@@H](N2CC=C(c3cncnc3)C[C@H]2c2cccnc2)[C@H](OC(=O)C(C)(C)C)[C@@H](OC(=O)C(C)(C)C)[C@H]1OC(=O)C(C)(C)C. The van der Waals surface area contributed by atoms with Crippen LogP contribution in [0.25, 0.3) is 5.57 Å². The lowest BCUT2D eigenvalue weighted by Gasteiger charge is -2.51. The van der Waals surface area contributed by atoms with Gasteiger partial charge in [0.1, 0.15) is 19.0 Å². The number of pyridine rings is 1. The van der Waals surface area contributed by atoms with Crippen LogP contribution >= 0.6 is 0 Å². The molecular weight excluding hydrogens is 680 g/mol. The smallest absolute Gasteiger partial charge is 0.311 e. The molecule has 2 aliphatic rings. The molecule has 2 aliphatic heterocycles. The first-order valence-corrected chi connectivity index (χ1v) is 18.0. The molecule has 0 saturated carbocycles. The number of aromatic nitrogens is 3. The molecule has 0 N–H and O–H groups in total. The molecule has 0 amide bonds. The molecule has 0 unspecified atom stereocenters. The first-order chi connectivity index (χ1) is 24.5. The molecule has 1 saturated heterocycles. The highest BCUT2D eigenvalue weighted by Crippen LogP contribution is 2.42. The molecule has 0 radical (unpaired) electrons. The summed E-state index contributed by atoms with van der Waals surface area (Å²) in [6.07, 6.45) is 4.68. The first kappa shape index (κ1) is 41.5. The second-order valence-corrected chi connectivity index (χ2v) is 17.8. The zero-order chi connectivity index (χ0) is 39.5. The fourth-order valence-electron chi connectivity index (χ4n) is 5.59. The number of rotatable bonds is 8. The van der Waals surface area contributed by atoms with Crippen LogP contribution in [-0.2, 0) is 42.9 Å². The maximum absolute atomic E-state index is 13.8. The van der Waals surface area contributed by atoms with Crippen LogP contribution < -0.4 is 0 Å². The van der Waals surface area contributed by atoms with Gasteiger partial charge in [-0.25, -0.2) is 9.97 Å². The van der Waals surface area contributed by atoms with Crippen molar-refractivity contribution in [1.29, 1.82) is 0 Å². The monoisotopic (exact) mass is 736 g/mol. The highest BCUT2D eigenvalue weighted by atomic mass is 16.7. The first-order valence-electron chi connectivity index (χ1n) is 18.0. The van der Waals surface area contributed by atoms with Gasteiger partial charge in [0.25, 0.3) is 0 Å². The maximum Gasteiger partial charge on any atom is 0.311 e. The minimum Gasteiger partial charge on any atom is -0.462 e. The van der Waals surface area contributed by atoms with Gasteiger partial charge < -0.3 is 23.7 Å². The molecule has 53 heavy (non-hydrogen) atoms. The van der Waals surface area contributed by atoms with Gasteiger partial charge in [0.2, 0.25) is 0 Å². The van der Waals surface area contributed by atoms with Gasteiger partial charge in [-0.1, -0.05) is 12.1 Å². The van der Waals surface area contributed by atoms with Crippen LogP contribution in [-0.4, -0.2) is 87.5 Å². The highest BCUT2D eigenvalue weighted by Gasteiger charge is 2.57. The second kappa shape index (κ2) is 16.0. The van der Waals surface area contributed by atoms with Gasteiger partial charge >= 0.3 is 23.9 Å². The summed E-state index contributed by atoms with van der Waals surface area (Å²) in [7, 11) is 0. The lowest BCUT2D eigenvalue weighted by molar-refractivity contribution is -0.287. The zero-order valence-corrected chi connectivity index (χ0v) is 33.2. The lowest BCUT2D eigenvalue weighted by atomic mass is 9.88. The Labute approximate surface area is 313 Å². The molecule has 290 valence electrons. The van der Waals surface area contributed by atoms with Crippen LogP contribution in [0.15, 0.2) is 49.3 Å². The summed E-state index contributed by atoms with van der Waals surface area (Å²) in [6.45, 7) is 20.4. The Hall–Kier alpha value is -4.23. The molecule has 2 aromatic heterocycles. The summed E-state index contributed by atoms with van der Waals surface area (Å²) in [5.41, 5.74) is -1.10. The summed E-state index contributed by atoms with van der Waals surface area (Å²) in [5.74, 6) is -2.32. The molecule has 0 spiro atoms. The molecular formula is C40H56N4O9. The predicted molar refractivity (Wildman–Crippen MR) is 195 cm³/mol. The summed E-state index contributed by atoms with van der Waals surface area (Å²) in [4.78, 5) is 69.2. The molecule has 0 aromatic carbocycles. The van der Waals surface area contributed by atoms with E-state index in [1.807, 2.05) is 23.1 Å². The van der Waals surface area contributed by atoms with Crippen LogP contribution in [0.3, 0.4) is 0 Å². The van der Waals surface area contributed by atoms with Crippen LogP contribution in [0.1, 0.15) is 107 Å². The zero-order valence-electron chi connectivity index (χ0n) is 33.2. The third-order valence-corrected chi connectivity index (χ3v) is 8.86. The largest absolute Gasteiger partial charge is 0.462 e. The maximum atomic E-state index is 13.8. The van der Waals surface area contributed by atoms with E-state index < -0.39 is 82.2 Å². The molecule has 1 fully saturated rings. The quantitative estimate of drug-likeness (QED) is 0.234. The Morgan fingerprint density at radius 3 is 1.75 bits per heavy atom. The number of esters is 4. The average molecular weight is 737 g/mol. The van der Waals surface area contributed by atoms with E-state index in [0.29, 0.717) is 13.0 Å². The van der Waals surface area contributed by atoms with Crippen molar-refractivity contribution in [3.05, 3.63) is 60.5 Å². The fraction of sp³-hybridized carbons (Fsp3) is 0.625. The van der Waals surface area contributed by atoms with E-state index in [4.69, 9.17) is 23.7 Å². The molecule has 13 heteroatoms. The number of hydrogen-bond donors (Lipinski definition) is 0. The van der Waals surface area contributed by atoms with Crippen molar-refractivity contribution in [2.75, 3.05) is 13.2 Å². The molecule has 2 aromatic rings. The summed E-state index contributed by atoms with van der Waals surface area (Å²) >= 11 is 0. The van der Waals surface area contributed by atoms with Crippen LogP contribution in [0.2, 0.25) is 0 Å². The van der Waals surface area contributed by atoms with E-state index >= 15 is 0 Å². The van der Waals surface area contributed by atoms with E-state index in [1.165, 1.54) is 6.33 Å². The number of nitrogens with zero attached hydrogens (tertiary/aromatic N) is 4. The Morgan fingerprint density at radius 1 is 0.717 bits per heavy atom. The Balaban J connectivity index is 1.93. The Kier molecular flexibility index (Phi) is 12.5. The number of hydrogen-bond acceptors (Lipinski definition) is 13. The van der Waals surface area contributed by atoms with Gasteiger partial charge in [-0.15, -0.1) is 0 Å². The Morgan fingerprint density at radius 2 is 1.25 bits per heavy atom. The minimum atomic E-state index is -1.36. The fourth-order valence-corrected chi connectivity index (χ4v) is 5.59. The average Bonchev–Trinajstić information content (AvgIpc) is 3.07. The van der Waals surface area contributed by atoms with Crippen molar-refractivity contribution in [2.45, 2.75) is 126 Å². The molecule has 4 heterocycles. The van der Waals surface area contributed by atoms with Crippen molar-refractivity contribution < 1.29 is 42.9 Å². The summed E-state index contributed by atoms with van der Waals surface area (Å²) in [6, 6.07) is 3.39. The third kappa shape index (κ3) is 10.5. The normalized spacial score (nSPS) is 24.4. The highest BCUT2D eigenvalue weighted by molar-refractivity contribution is 5.78. The molecule has 4 rings (SSSR count). The van der Waals surface area contributed by atoms with E-state index in [0.717, 1.165) is 16.7 Å². The van der Waals surface area contributed by atoms with E-state index in [2.05, 4.69) is 15.0 Å². The van der Waals surface area contributed by atoms with Crippen molar-refractivity contribution in [3.8, 4) is 0 Å². The third-order valence-electron chi connectivity index (χ3n) is 8.86. The van der Waals surface area contributed by atoms with E-state index in [9.17, 15) is 19.2 Å². The van der Waals surface area contributed by atoms with Crippen molar-refractivity contribution in [2.24, 2.45) is 21.7 Å². The lowest BCUT2D eigenvalue weighted by Crippen LogP contribution is -2.67. The van der Waals surface area contributed by atoms with E-state index in [-0.39, 0.29) is 6.61 Å². The number of ether oxygens (including phenoxy) is 5. The van der Waals surface area contributed by atoms with Gasteiger partial charge in [-0.2, -0.15) is 0 Å². The second-order valence-electron chi connectivity index (χ2n) is 17.8. The van der Waals surface area contributed by atoms with Gasteiger partial charge in [-0.3, -0.25) is 29.1 Å². The van der Waals surface area contributed by atoms with Crippen LogP contribution in [0.4, 0.5) is 0 Å². The van der Waals surface area contributed by atoms with Crippen molar-refractivity contribution in [3.63, 3.8) is 0 Å². The summed E-state index contributed by atoms with van der Waals surface area (Å²) in [5, 5.41) is 0. The molecule has 13 nitrogen and oxygen atoms in total. The standard InChI is InChI=1S/C40H56N4O9/c1-37(2,3)33(45)49-22-28-29(51-34(46)38(4,5)6)30(52-35(47)39(7,8)9)31(53-36(48)40(10,11)12)32(50-28)44-17-15-24(26-20-42-23-43-21-26)18-27(44)25-14-13-16-41-19-25/h13-16,19-21,23,27-32H,17-18,22H2,1-12H3/t27-,28+,29-,30-,31+,32+/m0/s1. The number of carbonyl (C=O) groups excluding carboxylic acids is 4. The van der Waals surface area contributed by atoms with Crippen molar-refractivity contribution >= 4 is 29.5 Å². The molecule has 0 aliphatic carbocycles. The topological polar surface area (TPSA) is 156 Å².